The molecule has 0 aliphatic rings. The Bertz CT molecular complexity index is 340. The summed E-state index contributed by atoms with van der Waals surface area (Å²) in [5, 5.41) is 27.3. The lowest BCUT2D eigenvalue weighted by atomic mass is 10.2. The van der Waals surface area contributed by atoms with Gasteiger partial charge in [0.1, 0.15) is 12.6 Å². The lowest BCUT2D eigenvalue weighted by Gasteiger charge is -2.03. The summed E-state index contributed by atoms with van der Waals surface area (Å²) in [5.74, 6) is -3.44. The molecule has 0 fully saturated rings. The highest BCUT2D eigenvalue weighted by Gasteiger charge is 2.10. The Morgan fingerprint density at radius 2 is 1.50 bits per heavy atom. The summed E-state index contributed by atoms with van der Waals surface area (Å²) < 4.78 is 0. The Hall–Kier alpha value is -2.56. The smallest absolute Gasteiger partial charge is 0.320 e. The Morgan fingerprint density at radius 3 is 1.80 bits per heavy atom. The SMILES string of the molecule is NC(N)=NOCC[C@H](N)C(=O)O.O=C(O)CCC(=O)O. The van der Waals surface area contributed by atoms with Gasteiger partial charge in [-0.15, -0.1) is 0 Å². The first-order chi connectivity index (χ1) is 9.16. The molecule has 0 bridgehead atoms. The predicted octanol–water partition coefficient (Wildman–Crippen LogP) is -2.07. The van der Waals surface area contributed by atoms with Gasteiger partial charge in [-0.2, -0.15) is 0 Å². The van der Waals surface area contributed by atoms with Crippen LogP contribution in [0.4, 0.5) is 0 Å². The molecule has 9 N–H and O–H groups in total. The van der Waals surface area contributed by atoms with Crippen molar-refractivity contribution >= 4 is 23.9 Å². The highest BCUT2D eigenvalue weighted by Crippen LogP contribution is 1.89. The third-order valence-electron chi connectivity index (χ3n) is 1.56. The third-order valence-corrected chi connectivity index (χ3v) is 1.56. The van der Waals surface area contributed by atoms with Gasteiger partial charge in [0.25, 0.3) is 0 Å². The van der Waals surface area contributed by atoms with Crippen molar-refractivity contribution in [1.29, 1.82) is 0 Å². The Kier molecular flexibility index (Phi) is 11.4. The molecule has 0 saturated heterocycles. The first-order valence-corrected chi connectivity index (χ1v) is 5.29. The van der Waals surface area contributed by atoms with Crippen LogP contribution >= 0.6 is 0 Å². The second kappa shape index (κ2) is 11.5. The number of nitrogens with two attached hydrogens (primary N) is 3. The van der Waals surface area contributed by atoms with E-state index in [0.29, 0.717) is 0 Å². The molecule has 0 saturated carbocycles. The van der Waals surface area contributed by atoms with Crippen LogP contribution in [0.25, 0.3) is 0 Å². The lowest BCUT2D eigenvalue weighted by molar-refractivity contribution is -0.143. The van der Waals surface area contributed by atoms with Crippen LogP contribution < -0.4 is 17.2 Å². The first-order valence-electron chi connectivity index (χ1n) is 5.29. The van der Waals surface area contributed by atoms with Gasteiger partial charge in [-0.1, -0.05) is 0 Å². The maximum absolute atomic E-state index is 10.2. The Labute approximate surface area is 114 Å². The number of rotatable bonds is 8. The van der Waals surface area contributed by atoms with Gasteiger partial charge >= 0.3 is 17.9 Å². The number of carbonyl (C=O) groups is 3. The van der Waals surface area contributed by atoms with Gasteiger partial charge in [0, 0.05) is 6.42 Å². The van der Waals surface area contributed by atoms with Gasteiger partial charge in [0.2, 0.25) is 5.96 Å². The average molecular weight is 294 g/mol. The molecule has 0 spiro atoms. The van der Waals surface area contributed by atoms with Crippen LogP contribution in [0.15, 0.2) is 5.16 Å². The Balaban J connectivity index is 0. The fourth-order valence-electron chi connectivity index (χ4n) is 0.637. The summed E-state index contributed by atoms with van der Waals surface area (Å²) in [6, 6.07) is -0.945. The molecule has 0 rings (SSSR count). The predicted molar refractivity (Wildman–Crippen MR) is 66.5 cm³/mol. The van der Waals surface area contributed by atoms with Crippen molar-refractivity contribution in [3.63, 3.8) is 0 Å². The van der Waals surface area contributed by atoms with Crippen LogP contribution in [0, 0.1) is 0 Å². The summed E-state index contributed by atoms with van der Waals surface area (Å²) >= 11 is 0. The highest BCUT2D eigenvalue weighted by molar-refractivity contribution is 5.75. The minimum Gasteiger partial charge on any atom is -0.481 e. The molecule has 0 aliphatic carbocycles. The molecular formula is C9H18N4O7. The van der Waals surface area contributed by atoms with Gasteiger partial charge in [-0.25, -0.2) is 0 Å². The number of aliphatic carboxylic acids is 3. The normalized spacial score (nSPS) is 10.4. The van der Waals surface area contributed by atoms with E-state index in [1.54, 1.807) is 0 Å². The standard InChI is InChI=1S/C5H12N4O3.C4H6O4/c6-3(4(10)11)1-2-12-9-5(7)8;5-3(6)1-2-4(7)8/h3H,1-2,6H2,(H,10,11)(H4,7,8,9);1-2H2,(H,5,6)(H,7,8)/t3-;/m0./s1. The van der Waals surface area contributed by atoms with Crippen LogP contribution in [-0.4, -0.2) is 51.8 Å². The van der Waals surface area contributed by atoms with Gasteiger partial charge in [0.05, 0.1) is 12.8 Å². The number of nitrogens with zero attached hydrogens (tertiary/aromatic N) is 1. The topological polar surface area (TPSA) is 212 Å². The maximum atomic E-state index is 10.2. The van der Waals surface area contributed by atoms with Crippen LogP contribution in [0.2, 0.25) is 0 Å². The van der Waals surface area contributed by atoms with Gasteiger partial charge in [0.15, 0.2) is 0 Å². The molecule has 0 aromatic rings. The van der Waals surface area contributed by atoms with Crippen molar-refractivity contribution < 1.29 is 34.5 Å². The number of hydrogen-bond donors (Lipinski definition) is 6. The zero-order valence-corrected chi connectivity index (χ0v) is 10.6. The van der Waals surface area contributed by atoms with Crippen LogP contribution in [-0.2, 0) is 19.2 Å². The zero-order chi connectivity index (χ0) is 16.1. The summed E-state index contributed by atoms with van der Waals surface area (Å²) in [5.41, 5.74) is 15.0. The van der Waals surface area contributed by atoms with E-state index in [-0.39, 0.29) is 31.8 Å². The van der Waals surface area contributed by atoms with Gasteiger partial charge in [-0.05, 0) is 5.16 Å². The molecule has 0 radical (unpaired) electrons. The third kappa shape index (κ3) is 17.8. The lowest BCUT2D eigenvalue weighted by Crippen LogP contribution is -2.31. The largest absolute Gasteiger partial charge is 0.481 e. The van der Waals surface area contributed by atoms with E-state index in [1.807, 2.05) is 0 Å². The molecule has 0 aromatic carbocycles. The molecule has 0 aliphatic heterocycles. The monoisotopic (exact) mass is 294 g/mol. The Morgan fingerprint density at radius 1 is 1.05 bits per heavy atom. The number of carboxylic acid groups (broad SMARTS) is 3. The van der Waals surface area contributed by atoms with Crippen molar-refractivity contribution in [3.8, 4) is 0 Å². The van der Waals surface area contributed by atoms with E-state index in [4.69, 9.17) is 32.5 Å². The molecule has 116 valence electrons. The number of oxime groups is 1. The number of guanidine groups is 1. The summed E-state index contributed by atoms with van der Waals surface area (Å²) in [7, 11) is 0. The van der Waals surface area contributed by atoms with E-state index < -0.39 is 23.9 Å². The van der Waals surface area contributed by atoms with Crippen molar-refractivity contribution in [1.82, 2.24) is 0 Å². The molecule has 11 heteroatoms. The van der Waals surface area contributed by atoms with Gasteiger partial charge < -0.3 is 37.4 Å². The maximum Gasteiger partial charge on any atom is 0.320 e. The van der Waals surface area contributed by atoms with E-state index in [2.05, 4.69) is 9.99 Å². The fraction of sp³-hybridized carbons (Fsp3) is 0.556. The quantitative estimate of drug-likeness (QED) is 0.124. The van der Waals surface area contributed by atoms with Crippen molar-refractivity contribution in [3.05, 3.63) is 0 Å². The average Bonchev–Trinajstić information content (AvgIpc) is 2.32. The molecule has 1 atom stereocenters. The zero-order valence-electron chi connectivity index (χ0n) is 10.6. The fourth-order valence-corrected chi connectivity index (χ4v) is 0.637. The van der Waals surface area contributed by atoms with Crippen LogP contribution in [0.1, 0.15) is 19.3 Å². The molecule has 0 unspecified atom stereocenters. The van der Waals surface area contributed by atoms with Crippen molar-refractivity contribution in [2.24, 2.45) is 22.4 Å². The van der Waals surface area contributed by atoms with Crippen molar-refractivity contribution in [2.75, 3.05) is 6.61 Å². The second-order valence-corrected chi connectivity index (χ2v) is 3.37. The molecule has 0 aromatic heterocycles. The molecular weight excluding hydrogens is 276 g/mol. The van der Waals surface area contributed by atoms with E-state index >= 15 is 0 Å². The van der Waals surface area contributed by atoms with E-state index in [9.17, 15) is 14.4 Å². The molecule has 0 amide bonds. The molecule has 0 heterocycles. The molecule has 20 heavy (non-hydrogen) atoms. The minimum absolute atomic E-state index is 0.0748. The second-order valence-electron chi connectivity index (χ2n) is 3.37. The minimum atomic E-state index is -1.08. The first kappa shape index (κ1) is 19.8. The van der Waals surface area contributed by atoms with E-state index in [0.717, 1.165) is 0 Å². The summed E-state index contributed by atoms with van der Waals surface area (Å²) in [4.78, 5) is 34.0. The van der Waals surface area contributed by atoms with E-state index in [1.165, 1.54) is 0 Å². The highest BCUT2D eigenvalue weighted by atomic mass is 16.6. The summed E-state index contributed by atoms with van der Waals surface area (Å²) in [6.07, 6.45) is -0.434. The number of hydrogen-bond acceptors (Lipinski definition) is 6. The van der Waals surface area contributed by atoms with Crippen molar-refractivity contribution in [2.45, 2.75) is 25.3 Å². The van der Waals surface area contributed by atoms with Crippen LogP contribution in [0.5, 0.6) is 0 Å². The van der Waals surface area contributed by atoms with Crippen LogP contribution in [0.3, 0.4) is 0 Å². The summed E-state index contributed by atoms with van der Waals surface area (Å²) in [6.45, 7) is 0.0748. The van der Waals surface area contributed by atoms with Gasteiger partial charge in [-0.3, -0.25) is 14.4 Å². The molecule has 11 nitrogen and oxygen atoms in total. The number of carboxylic acids is 3.